The van der Waals surface area contributed by atoms with Gasteiger partial charge in [-0.05, 0) is 43.6 Å². The Balaban J connectivity index is 1.35. The molecule has 2 aliphatic carbocycles. The van der Waals surface area contributed by atoms with E-state index >= 15 is 0 Å². The summed E-state index contributed by atoms with van der Waals surface area (Å²) in [5.74, 6) is 3.14. The second-order valence-electron chi connectivity index (χ2n) is 8.95. The standard InChI is InChI=1S/C21H28N6O/c1-2-14-7-15(26(10-13-3-4-13)16-11-28-12-16)8-17(14)21-25-24-19-9-23-20-18(27(19)21)5-6-22-20/h5-6,9,13-17,22H,2-4,7-8,10-12H2,1H3. The highest BCUT2D eigenvalue weighted by molar-refractivity contribution is 5.74. The lowest BCUT2D eigenvalue weighted by Gasteiger charge is -2.41. The summed E-state index contributed by atoms with van der Waals surface area (Å²) < 4.78 is 7.78. The predicted molar refractivity (Wildman–Crippen MR) is 106 cm³/mol. The topological polar surface area (TPSA) is 71.3 Å². The smallest absolute Gasteiger partial charge is 0.179 e. The maximum atomic E-state index is 5.55. The van der Waals surface area contributed by atoms with Gasteiger partial charge in [0.05, 0.1) is 31.0 Å². The van der Waals surface area contributed by atoms with Gasteiger partial charge < -0.3 is 9.72 Å². The second-order valence-corrected chi connectivity index (χ2v) is 8.95. The Bertz CT molecular complexity index is 987. The lowest BCUT2D eigenvalue weighted by atomic mass is 9.93. The summed E-state index contributed by atoms with van der Waals surface area (Å²) in [5.41, 5.74) is 2.83. The van der Waals surface area contributed by atoms with Crippen LogP contribution in [0.3, 0.4) is 0 Å². The average Bonchev–Trinajstić information content (AvgIpc) is 3.09. The van der Waals surface area contributed by atoms with Crippen molar-refractivity contribution in [3.8, 4) is 0 Å². The number of hydrogen-bond donors (Lipinski definition) is 1. The highest BCUT2D eigenvalue weighted by atomic mass is 16.5. The normalized spacial score (nSPS) is 28.6. The first-order valence-corrected chi connectivity index (χ1v) is 10.8. The summed E-state index contributed by atoms with van der Waals surface area (Å²) in [6.45, 7) is 5.41. The van der Waals surface area contributed by atoms with Crippen molar-refractivity contribution >= 4 is 16.8 Å². The third-order valence-corrected chi connectivity index (χ3v) is 7.22. The molecular weight excluding hydrogens is 352 g/mol. The molecule has 3 aromatic rings. The van der Waals surface area contributed by atoms with Crippen LogP contribution in [0.2, 0.25) is 0 Å². The largest absolute Gasteiger partial charge is 0.378 e. The molecule has 2 saturated carbocycles. The number of aromatic nitrogens is 5. The van der Waals surface area contributed by atoms with Crippen molar-refractivity contribution in [3.63, 3.8) is 0 Å². The molecule has 1 N–H and O–H groups in total. The number of ether oxygens (including phenoxy) is 1. The van der Waals surface area contributed by atoms with E-state index in [4.69, 9.17) is 4.74 Å². The quantitative estimate of drug-likeness (QED) is 0.712. The molecular formula is C21H28N6O. The van der Waals surface area contributed by atoms with Gasteiger partial charge in [-0.25, -0.2) is 4.98 Å². The number of rotatable bonds is 6. The summed E-state index contributed by atoms with van der Waals surface area (Å²) in [7, 11) is 0. The van der Waals surface area contributed by atoms with E-state index in [-0.39, 0.29) is 0 Å². The molecule has 0 spiro atoms. The summed E-state index contributed by atoms with van der Waals surface area (Å²) in [6, 6.07) is 3.35. The maximum absolute atomic E-state index is 5.55. The van der Waals surface area contributed by atoms with E-state index in [1.165, 1.54) is 38.6 Å². The highest BCUT2D eigenvalue weighted by Gasteiger charge is 2.43. The van der Waals surface area contributed by atoms with E-state index < -0.39 is 0 Å². The average molecular weight is 380 g/mol. The second kappa shape index (κ2) is 6.52. The Morgan fingerprint density at radius 3 is 2.86 bits per heavy atom. The zero-order valence-corrected chi connectivity index (χ0v) is 16.4. The Morgan fingerprint density at radius 1 is 1.21 bits per heavy atom. The minimum Gasteiger partial charge on any atom is -0.378 e. The molecule has 28 heavy (non-hydrogen) atoms. The minimum absolute atomic E-state index is 0.452. The zero-order chi connectivity index (χ0) is 18.7. The van der Waals surface area contributed by atoms with E-state index in [1.54, 1.807) is 0 Å². The van der Waals surface area contributed by atoms with Crippen molar-refractivity contribution in [2.75, 3.05) is 19.8 Å². The van der Waals surface area contributed by atoms with Crippen LogP contribution in [0.15, 0.2) is 18.5 Å². The molecule has 0 bridgehead atoms. The van der Waals surface area contributed by atoms with Crippen molar-refractivity contribution in [1.29, 1.82) is 0 Å². The molecule has 148 valence electrons. The van der Waals surface area contributed by atoms with Crippen LogP contribution < -0.4 is 0 Å². The first-order valence-electron chi connectivity index (χ1n) is 10.8. The lowest BCUT2D eigenvalue weighted by Crippen LogP contribution is -2.53. The monoisotopic (exact) mass is 380 g/mol. The SMILES string of the molecule is CCC1CC(N(CC2CC2)C2COC2)CC1c1nnc2cnc3[nH]ccc3n12. The van der Waals surface area contributed by atoms with E-state index in [0.717, 1.165) is 41.8 Å². The number of nitrogens with one attached hydrogen (secondary N) is 1. The van der Waals surface area contributed by atoms with Crippen LogP contribution in [-0.4, -0.2) is 61.3 Å². The van der Waals surface area contributed by atoms with Crippen molar-refractivity contribution < 1.29 is 4.74 Å². The Hall–Kier alpha value is -1.99. The van der Waals surface area contributed by atoms with Gasteiger partial charge in [-0.15, -0.1) is 10.2 Å². The van der Waals surface area contributed by atoms with Gasteiger partial charge in [0.15, 0.2) is 11.3 Å². The molecule has 3 aromatic heterocycles. The van der Waals surface area contributed by atoms with Crippen LogP contribution >= 0.6 is 0 Å². The third kappa shape index (κ3) is 2.67. The molecule has 4 heterocycles. The number of H-pyrrole nitrogens is 1. The summed E-state index contributed by atoms with van der Waals surface area (Å²) in [5, 5.41) is 9.12. The fourth-order valence-electron chi connectivity index (χ4n) is 5.38. The van der Waals surface area contributed by atoms with Crippen LogP contribution in [0.25, 0.3) is 16.8 Å². The van der Waals surface area contributed by atoms with Crippen LogP contribution in [0, 0.1) is 11.8 Å². The molecule has 3 aliphatic rings. The number of aromatic amines is 1. The molecule has 3 unspecified atom stereocenters. The van der Waals surface area contributed by atoms with Crippen LogP contribution in [-0.2, 0) is 4.74 Å². The number of fused-ring (bicyclic) bond motifs is 3. The molecule has 3 atom stereocenters. The van der Waals surface area contributed by atoms with E-state index in [1.807, 2.05) is 12.4 Å². The third-order valence-electron chi connectivity index (χ3n) is 7.22. The molecule has 7 heteroatoms. The van der Waals surface area contributed by atoms with Gasteiger partial charge in [-0.3, -0.25) is 9.30 Å². The van der Waals surface area contributed by atoms with E-state index in [0.29, 0.717) is 23.9 Å². The Labute approximate surface area is 164 Å². The number of nitrogens with zero attached hydrogens (tertiary/aromatic N) is 5. The van der Waals surface area contributed by atoms with Gasteiger partial charge in [-0.1, -0.05) is 13.3 Å². The molecule has 6 rings (SSSR count). The fraction of sp³-hybridized carbons (Fsp3) is 0.667. The number of hydrogen-bond acceptors (Lipinski definition) is 5. The van der Waals surface area contributed by atoms with Gasteiger partial charge in [0.2, 0.25) is 0 Å². The zero-order valence-electron chi connectivity index (χ0n) is 16.4. The van der Waals surface area contributed by atoms with Crippen molar-refractivity contribution in [3.05, 3.63) is 24.3 Å². The van der Waals surface area contributed by atoms with Gasteiger partial charge in [0.1, 0.15) is 5.82 Å². The Morgan fingerprint density at radius 2 is 2.11 bits per heavy atom. The fourth-order valence-corrected chi connectivity index (χ4v) is 5.38. The highest BCUT2D eigenvalue weighted by Crippen LogP contribution is 2.45. The van der Waals surface area contributed by atoms with Crippen LogP contribution in [0.4, 0.5) is 0 Å². The summed E-state index contributed by atoms with van der Waals surface area (Å²) in [4.78, 5) is 10.5. The molecule has 1 aliphatic heterocycles. The molecule has 0 aromatic carbocycles. The molecule has 0 amide bonds. The van der Waals surface area contributed by atoms with Gasteiger partial charge in [0.25, 0.3) is 0 Å². The maximum Gasteiger partial charge on any atom is 0.179 e. The minimum atomic E-state index is 0.452. The van der Waals surface area contributed by atoms with Crippen molar-refractivity contribution in [2.45, 2.75) is 57.0 Å². The molecule has 7 nitrogen and oxygen atoms in total. The first-order chi connectivity index (χ1) is 13.8. The lowest BCUT2D eigenvalue weighted by molar-refractivity contribution is -0.0807. The summed E-state index contributed by atoms with van der Waals surface area (Å²) in [6.07, 6.45) is 10.2. The Kier molecular flexibility index (Phi) is 3.94. The molecule has 0 radical (unpaired) electrons. The first kappa shape index (κ1) is 16.9. The van der Waals surface area contributed by atoms with Crippen LogP contribution in [0.1, 0.15) is 50.8 Å². The van der Waals surface area contributed by atoms with Crippen LogP contribution in [0.5, 0.6) is 0 Å². The predicted octanol–water partition coefficient (Wildman–Crippen LogP) is 2.99. The van der Waals surface area contributed by atoms with E-state index in [2.05, 4.69) is 42.5 Å². The van der Waals surface area contributed by atoms with E-state index in [9.17, 15) is 0 Å². The van der Waals surface area contributed by atoms with Gasteiger partial charge in [-0.2, -0.15) is 0 Å². The molecule has 1 saturated heterocycles. The van der Waals surface area contributed by atoms with Gasteiger partial charge >= 0.3 is 0 Å². The van der Waals surface area contributed by atoms with Crippen molar-refractivity contribution in [1.82, 2.24) is 29.5 Å². The molecule has 3 fully saturated rings. The van der Waals surface area contributed by atoms with Gasteiger partial charge in [0, 0.05) is 24.7 Å². The van der Waals surface area contributed by atoms with Crippen molar-refractivity contribution in [2.24, 2.45) is 11.8 Å². The summed E-state index contributed by atoms with van der Waals surface area (Å²) >= 11 is 0.